The van der Waals surface area contributed by atoms with Crippen LogP contribution in [-0.4, -0.2) is 29.6 Å². The van der Waals surface area contributed by atoms with Crippen LogP contribution >= 0.6 is 0 Å². The summed E-state index contributed by atoms with van der Waals surface area (Å²) in [6, 6.07) is -0.789. The minimum absolute atomic E-state index is 0.108. The normalized spacial score (nSPS) is 12.3. The number of nitrogens with two attached hydrogens (primary N) is 1. The maximum atomic E-state index is 11.8. The molecule has 0 aromatic rings. The van der Waals surface area contributed by atoms with Crippen molar-refractivity contribution in [2.75, 3.05) is 6.54 Å². The molecule has 0 radical (unpaired) electrons. The average Bonchev–Trinajstić information content (AvgIpc) is 2.72. The van der Waals surface area contributed by atoms with Crippen LogP contribution in [0, 0.1) is 0 Å². The number of carboxylic acids is 1. The Morgan fingerprint density at radius 3 is 1.90 bits per heavy atom. The number of amides is 1. The topological polar surface area (TPSA) is 92.4 Å². The minimum atomic E-state index is -0.958. The molecule has 0 fully saturated rings. The smallest absolute Gasteiger partial charge is 0.320 e. The van der Waals surface area contributed by atoms with E-state index in [0.29, 0.717) is 19.4 Å². The highest BCUT2D eigenvalue weighted by atomic mass is 16.4. The lowest BCUT2D eigenvalue weighted by atomic mass is 10.1. The van der Waals surface area contributed by atoms with Gasteiger partial charge in [-0.2, -0.15) is 0 Å². The van der Waals surface area contributed by atoms with E-state index >= 15 is 0 Å². The molecule has 30 heavy (non-hydrogen) atoms. The largest absolute Gasteiger partial charge is 0.480 e. The van der Waals surface area contributed by atoms with Gasteiger partial charge in [-0.25, -0.2) is 0 Å². The van der Waals surface area contributed by atoms with Crippen LogP contribution in [0.25, 0.3) is 0 Å². The second-order valence-electron chi connectivity index (χ2n) is 8.48. The summed E-state index contributed by atoms with van der Waals surface area (Å²) in [5.41, 5.74) is 5.44. The molecule has 0 unspecified atom stereocenters. The van der Waals surface area contributed by atoms with E-state index in [0.717, 1.165) is 25.7 Å². The first-order valence-corrected chi connectivity index (χ1v) is 12.5. The first-order valence-electron chi connectivity index (χ1n) is 12.5. The molecule has 0 spiro atoms. The molecule has 0 saturated carbocycles. The Morgan fingerprint density at radius 1 is 0.800 bits per heavy atom. The van der Waals surface area contributed by atoms with E-state index in [1.807, 2.05) is 0 Å². The lowest BCUT2D eigenvalue weighted by molar-refractivity contribution is -0.138. The van der Waals surface area contributed by atoms with E-state index in [1.54, 1.807) is 0 Å². The van der Waals surface area contributed by atoms with Gasteiger partial charge in [-0.1, -0.05) is 76.9 Å². The molecule has 5 heteroatoms. The first kappa shape index (κ1) is 28.6. The molecule has 0 aliphatic rings. The van der Waals surface area contributed by atoms with Crippen molar-refractivity contribution in [3.05, 3.63) is 12.2 Å². The number of hydrogen-bond acceptors (Lipinski definition) is 3. The molecule has 5 nitrogen and oxygen atoms in total. The summed E-state index contributed by atoms with van der Waals surface area (Å²) < 4.78 is 0. The summed E-state index contributed by atoms with van der Waals surface area (Å²) in [5, 5.41) is 11.6. The summed E-state index contributed by atoms with van der Waals surface area (Å²) >= 11 is 0. The third-order valence-electron chi connectivity index (χ3n) is 5.50. The Kier molecular flexibility index (Phi) is 21.3. The van der Waals surface area contributed by atoms with Crippen LogP contribution < -0.4 is 11.1 Å². The number of unbranched alkanes of at least 4 members (excludes halogenated alkanes) is 13. The molecule has 176 valence electrons. The molecule has 0 aromatic carbocycles. The lowest BCUT2D eigenvalue weighted by Crippen LogP contribution is -2.30. The summed E-state index contributed by atoms with van der Waals surface area (Å²) in [5.74, 6) is -0.850. The number of allylic oxidation sites excluding steroid dienone is 2. The highest BCUT2D eigenvalue weighted by molar-refractivity contribution is 5.75. The van der Waals surface area contributed by atoms with Crippen molar-refractivity contribution in [1.29, 1.82) is 0 Å². The van der Waals surface area contributed by atoms with E-state index in [1.165, 1.54) is 77.0 Å². The highest BCUT2D eigenvalue weighted by Crippen LogP contribution is 2.12. The Balaban J connectivity index is 3.24. The fraction of sp³-hybridized carbons (Fsp3) is 0.840. The van der Waals surface area contributed by atoms with Gasteiger partial charge in [0.2, 0.25) is 5.91 Å². The standard InChI is InChI=1S/C25H48N2O3/c1-2-3-4-5-6-7-8-9-10-11-12-13-14-15-16-17-21-24(28)27-22-19-18-20-23(26)25(29)30/h6-7,23H,2-5,8-22,26H2,1H3,(H,27,28)(H,29,30)/b7-6+/t23-/m0/s1. The highest BCUT2D eigenvalue weighted by Gasteiger charge is 2.10. The van der Waals surface area contributed by atoms with Crippen molar-refractivity contribution in [1.82, 2.24) is 5.32 Å². The van der Waals surface area contributed by atoms with Crippen LogP contribution in [0.2, 0.25) is 0 Å². The summed E-state index contributed by atoms with van der Waals surface area (Å²) in [6.45, 7) is 2.86. The van der Waals surface area contributed by atoms with Gasteiger partial charge in [0.15, 0.2) is 0 Å². The number of carbonyl (C=O) groups is 2. The summed E-state index contributed by atoms with van der Waals surface area (Å²) in [6.07, 6.45) is 25.0. The number of aliphatic carboxylic acids is 1. The monoisotopic (exact) mass is 424 g/mol. The van der Waals surface area contributed by atoms with Crippen LogP contribution in [0.3, 0.4) is 0 Å². The van der Waals surface area contributed by atoms with Gasteiger partial charge in [-0.3, -0.25) is 9.59 Å². The fourth-order valence-corrected chi connectivity index (χ4v) is 3.46. The molecular formula is C25H48N2O3. The number of rotatable bonds is 22. The van der Waals surface area contributed by atoms with Gasteiger partial charge < -0.3 is 16.2 Å². The van der Waals surface area contributed by atoms with Gasteiger partial charge in [0.25, 0.3) is 0 Å². The third kappa shape index (κ3) is 21.4. The summed E-state index contributed by atoms with van der Waals surface area (Å²) in [4.78, 5) is 22.4. The van der Waals surface area contributed by atoms with E-state index in [4.69, 9.17) is 10.8 Å². The minimum Gasteiger partial charge on any atom is -0.480 e. The van der Waals surface area contributed by atoms with Crippen LogP contribution in [0.15, 0.2) is 12.2 Å². The number of carboxylic acid groups (broad SMARTS) is 1. The molecule has 0 rings (SSSR count). The first-order chi connectivity index (χ1) is 14.6. The Hall–Kier alpha value is -1.36. The quantitative estimate of drug-likeness (QED) is 0.144. The van der Waals surface area contributed by atoms with Gasteiger partial charge in [-0.15, -0.1) is 0 Å². The average molecular weight is 425 g/mol. The van der Waals surface area contributed by atoms with Crippen molar-refractivity contribution < 1.29 is 14.7 Å². The van der Waals surface area contributed by atoms with Gasteiger partial charge in [0.05, 0.1) is 0 Å². The molecule has 0 aliphatic carbocycles. The van der Waals surface area contributed by atoms with E-state index in [9.17, 15) is 9.59 Å². The van der Waals surface area contributed by atoms with Crippen LogP contribution in [-0.2, 0) is 9.59 Å². The maximum absolute atomic E-state index is 11.8. The molecule has 0 saturated heterocycles. The Morgan fingerprint density at radius 2 is 1.33 bits per heavy atom. The van der Waals surface area contributed by atoms with Crippen LogP contribution in [0.1, 0.15) is 122 Å². The van der Waals surface area contributed by atoms with Crippen molar-refractivity contribution in [2.24, 2.45) is 5.73 Å². The zero-order chi connectivity index (χ0) is 22.3. The zero-order valence-corrected chi connectivity index (χ0v) is 19.5. The van der Waals surface area contributed by atoms with Crippen molar-refractivity contribution in [3.8, 4) is 0 Å². The molecule has 0 heterocycles. The van der Waals surface area contributed by atoms with Gasteiger partial charge >= 0.3 is 5.97 Å². The van der Waals surface area contributed by atoms with E-state index in [-0.39, 0.29) is 5.91 Å². The second kappa shape index (κ2) is 22.3. The fourth-order valence-electron chi connectivity index (χ4n) is 3.46. The third-order valence-corrected chi connectivity index (χ3v) is 5.50. The van der Waals surface area contributed by atoms with Crippen molar-refractivity contribution in [3.63, 3.8) is 0 Å². The predicted molar refractivity (Wildman–Crippen MR) is 127 cm³/mol. The van der Waals surface area contributed by atoms with Crippen molar-refractivity contribution >= 4 is 11.9 Å². The molecule has 1 atom stereocenters. The zero-order valence-electron chi connectivity index (χ0n) is 19.5. The Labute approximate surface area is 185 Å². The van der Waals surface area contributed by atoms with E-state index < -0.39 is 12.0 Å². The van der Waals surface area contributed by atoms with Crippen LogP contribution in [0.4, 0.5) is 0 Å². The molecule has 0 aromatic heterocycles. The number of hydrogen-bond donors (Lipinski definition) is 3. The second-order valence-corrected chi connectivity index (χ2v) is 8.48. The lowest BCUT2D eigenvalue weighted by Gasteiger charge is -2.07. The molecule has 1 amide bonds. The van der Waals surface area contributed by atoms with Crippen molar-refractivity contribution in [2.45, 2.75) is 129 Å². The van der Waals surface area contributed by atoms with E-state index in [2.05, 4.69) is 24.4 Å². The molecule has 0 bridgehead atoms. The van der Waals surface area contributed by atoms with Gasteiger partial charge in [0.1, 0.15) is 6.04 Å². The SMILES string of the molecule is CCCCC/C=C/CCCCCCCCCCCC(=O)NCCCC[C@H](N)C(=O)O. The van der Waals surface area contributed by atoms with Gasteiger partial charge in [-0.05, 0) is 51.4 Å². The number of nitrogens with one attached hydrogen (secondary N) is 1. The molecule has 4 N–H and O–H groups in total. The maximum Gasteiger partial charge on any atom is 0.320 e. The number of carbonyl (C=O) groups excluding carboxylic acids is 1. The van der Waals surface area contributed by atoms with Crippen LogP contribution in [0.5, 0.6) is 0 Å². The molecule has 0 aliphatic heterocycles. The predicted octanol–water partition coefficient (Wildman–Crippen LogP) is 6.11. The molecular weight excluding hydrogens is 376 g/mol. The summed E-state index contributed by atoms with van der Waals surface area (Å²) in [7, 11) is 0. The Bertz CT molecular complexity index is 438. The van der Waals surface area contributed by atoms with Gasteiger partial charge in [0, 0.05) is 13.0 Å².